The van der Waals surface area contributed by atoms with Crippen molar-refractivity contribution in [2.75, 3.05) is 0 Å². The van der Waals surface area contributed by atoms with E-state index in [0.717, 1.165) is 17.6 Å². The number of ether oxygens (including phenoxy) is 2. The van der Waals surface area contributed by atoms with Gasteiger partial charge in [0, 0.05) is 6.08 Å². The van der Waals surface area contributed by atoms with Gasteiger partial charge in [-0.25, -0.2) is 9.59 Å². The SMILES string of the molecule is C=CC(=O)OCc1ccc(OC(=O)c2ccc(C3CCC(CCCCC)CC3)cc2)cc1. The molecule has 0 radical (unpaired) electrons. The lowest BCUT2D eigenvalue weighted by Crippen LogP contribution is -2.14. The van der Waals surface area contributed by atoms with Gasteiger partial charge < -0.3 is 9.47 Å². The molecular weight excluding hydrogens is 400 g/mol. The fourth-order valence-corrected chi connectivity index (χ4v) is 4.39. The van der Waals surface area contributed by atoms with Crippen molar-refractivity contribution in [1.29, 1.82) is 0 Å². The maximum absolute atomic E-state index is 12.5. The minimum atomic E-state index is -0.469. The molecule has 0 unspecified atom stereocenters. The molecule has 4 heteroatoms. The highest BCUT2D eigenvalue weighted by Crippen LogP contribution is 2.37. The second-order valence-electron chi connectivity index (χ2n) is 8.68. The first-order valence-corrected chi connectivity index (χ1v) is 11.8. The third-order valence-electron chi connectivity index (χ3n) is 6.36. The first-order chi connectivity index (χ1) is 15.6. The monoisotopic (exact) mass is 434 g/mol. The molecule has 1 fully saturated rings. The molecule has 170 valence electrons. The highest BCUT2D eigenvalue weighted by molar-refractivity contribution is 5.91. The summed E-state index contributed by atoms with van der Waals surface area (Å²) in [6, 6.07) is 14.8. The van der Waals surface area contributed by atoms with Crippen LogP contribution in [0.5, 0.6) is 5.75 Å². The first kappa shape index (κ1) is 23.8. The molecule has 3 rings (SSSR count). The number of unbranched alkanes of at least 4 members (excludes halogenated alkanes) is 2. The highest BCUT2D eigenvalue weighted by atomic mass is 16.5. The van der Waals surface area contributed by atoms with E-state index in [1.807, 2.05) is 12.1 Å². The molecule has 4 nitrogen and oxygen atoms in total. The van der Waals surface area contributed by atoms with E-state index in [2.05, 4.69) is 25.6 Å². The van der Waals surface area contributed by atoms with Crippen LogP contribution in [0, 0.1) is 5.92 Å². The molecule has 2 aromatic rings. The van der Waals surface area contributed by atoms with Gasteiger partial charge in [-0.05, 0) is 72.9 Å². The molecule has 0 amide bonds. The third-order valence-corrected chi connectivity index (χ3v) is 6.36. The molecule has 0 atom stereocenters. The number of rotatable bonds is 10. The lowest BCUT2D eigenvalue weighted by Gasteiger charge is -2.29. The quantitative estimate of drug-likeness (QED) is 0.175. The van der Waals surface area contributed by atoms with Gasteiger partial charge in [0.05, 0.1) is 5.56 Å². The van der Waals surface area contributed by atoms with Crippen LogP contribution in [0.4, 0.5) is 0 Å². The van der Waals surface area contributed by atoms with E-state index in [4.69, 9.17) is 9.47 Å². The van der Waals surface area contributed by atoms with Gasteiger partial charge >= 0.3 is 11.9 Å². The summed E-state index contributed by atoms with van der Waals surface area (Å²) >= 11 is 0. The highest BCUT2D eigenvalue weighted by Gasteiger charge is 2.22. The van der Waals surface area contributed by atoms with Crippen molar-refractivity contribution >= 4 is 11.9 Å². The van der Waals surface area contributed by atoms with Crippen molar-refractivity contribution in [2.45, 2.75) is 70.8 Å². The minimum Gasteiger partial charge on any atom is -0.458 e. The average molecular weight is 435 g/mol. The zero-order valence-electron chi connectivity index (χ0n) is 19.1. The van der Waals surface area contributed by atoms with E-state index in [1.165, 1.54) is 56.9 Å². The Morgan fingerprint density at radius 3 is 2.28 bits per heavy atom. The summed E-state index contributed by atoms with van der Waals surface area (Å²) in [6.45, 7) is 5.78. The molecule has 1 aliphatic rings. The maximum Gasteiger partial charge on any atom is 0.343 e. The second kappa shape index (κ2) is 12.2. The summed E-state index contributed by atoms with van der Waals surface area (Å²) in [5.74, 6) is 1.11. The third kappa shape index (κ3) is 7.08. The number of carbonyl (C=O) groups excluding carboxylic acids is 2. The number of esters is 2. The Morgan fingerprint density at radius 1 is 0.969 bits per heavy atom. The fraction of sp³-hybridized carbons (Fsp3) is 0.429. The molecule has 0 spiro atoms. The van der Waals surface area contributed by atoms with Gasteiger partial charge in [0.15, 0.2) is 0 Å². The number of hydrogen-bond acceptors (Lipinski definition) is 4. The van der Waals surface area contributed by atoms with Gasteiger partial charge in [-0.1, -0.05) is 63.5 Å². The lowest BCUT2D eigenvalue weighted by atomic mass is 9.77. The Bertz CT molecular complexity index is 875. The first-order valence-electron chi connectivity index (χ1n) is 11.8. The Kier molecular flexibility index (Phi) is 9.09. The van der Waals surface area contributed by atoms with E-state index < -0.39 is 5.97 Å². The molecular formula is C28H34O4. The predicted molar refractivity (Wildman–Crippen MR) is 127 cm³/mol. The van der Waals surface area contributed by atoms with E-state index >= 15 is 0 Å². The van der Waals surface area contributed by atoms with Gasteiger partial charge in [-0.3, -0.25) is 0 Å². The molecule has 0 saturated heterocycles. The van der Waals surface area contributed by atoms with Crippen LogP contribution in [0.3, 0.4) is 0 Å². The van der Waals surface area contributed by atoms with Gasteiger partial charge in [0.1, 0.15) is 12.4 Å². The van der Waals surface area contributed by atoms with Gasteiger partial charge in [-0.15, -0.1) is 0 Å². The maximum atomic E-state index is 12.5. The Labute approximate surface area is 191 Å². The Balaban J connectivity index is 1.48. The number of carbonyl (C=O) groups is 2. The van der Waals surface area contributed by atoms with Crippen molar-refractivity contribution in [3.05, 3.63) is 77.9 Å². The standard InChI is InChI=1S/C28H34O4/c1-3-5-6-7-21-8-12-23(13-9-21)24-14-16-25(17-15-24)28(30)32-26-18-10-22(11-19-26)20-31-27(29)4-2/h4,10-11,14-19,21,23H,2-3,5-9,12-13,20H2,1H3. The molecule has 0 heterocycles. The van der Waals surface area contributed by atoms with Crippen LogP contribution >= 0.6 is 0 Å². The van der Waals surface area contributed by atoms with Crippen molar-refractivity contribution in [3.63, 3.8) is 0 Å². The molecule has 32 heavy (non-hydrogen) atoms. The predicted octanol–water partition coefficient (Wildman–Crippen LogP) is 6.99. The zero-order valence-corrected chi connectivity index (χ0v) is 19.1. The molecule has 0 aromatic heterocycles. The summed E-state index contributed by atoms with van der Waals surface area (Å²) in [6.07, 6.45) is 11.7. The molecule has 0 bridgehead atoms. The minimum absolute atomic E-state index is 0.154. The van der Waals surface area contributed by atoms with Crippen LogP contribution in [0.2, 0.25) is 0 Å². The van der Waals surface area contributed by atoms with E-state index in [-0.39, 0.29) is 12.6 Å². The van der Waals surface area contributed by atoms with E-state index in [0.29, 0.717) is 17.2 Å². The molecule has 1 aliphatic carbocycles. The van der Waals surface area contributed by atoms with Gasteiger partial charge in [0.2, 0.25) is 0 Å². The topological polar surface area (TPSA) is 52.6 Å². The number of benzene rings is 2. The van der Waals surface area contributed by atoms with Crippen LogP contribution in [0.15, 0.2) is 61.2 Å². The van der Waals surface area contributed by atoms with E-state index in [1.54, 1.807) is 24.3 Å². The van der Waals surface area contributed by atoms with Crippen molar-refractivity contribution in [2.24, 2.45) is 5.92 Å². The zero-order chi connectivity index (χ0) is 22.8. The fourth-order valence-electron chi connectivity index (χ4n) is 4.39. The second-order valence-corrected chi connectivity index (χ2v) is 8.68. The van der Waals surface area contributed by atoms with Crippen molar-refractivity contribution in [3.8, 4) is 5.75 Å². The summed E-state index contributed by atoms with van der Waals surface area (Å²) in [7, 11) is 0. The summed E-state index contributed by atoms with van der Waals surface area (Å²) in [5, 5.41) is 0. The molecule has 0 aliphatic heterocycles. The number of hydrogen-bond donors (Lipinski definition) is 0. The van der Waals surface area contributed by atoms with Crippen LogP contribution in [0.1, 0.15) is 85.7 Å². The smallest absolute Gasteiger partial charge is 0.343 e. The lowest BCUT2D eigenvalue weighted by molar-refractivity contribution is -0.138. The van der Waals surface area contributed by atoms with Crippen molar-refractivity contribution in [1.82, 2.24) is 0 Å². The largest absolute Gasteiger partial charge is 0.458 e. The Hall–Kier alpha value is -2.88. The molecule has 1 saturated carbocycles. The van der Waals surface area contributed by atoms with E-state index in [9.17, 15) is 9.59 Å². The van der Waals surface area contributed by atoms with Crippen LogP contribution in [0.25, 0.3) is 0 Å². The molecule has 2 aromatic carbocycles. The summed E-state index contributed by atoms with van der Waals surface area (Å²) in [5.41, 5.74) is 2.68. The normalized spacial score (nSPS) is 18.0. The summed E-state index contributed by atoms with van der Waals surface area (Å²) in [4.78, 5) is 23.6. The summed E-state index contributed by atoms with van der Waals surface area (Å²) < 4.78 is 10.5. The van der Waals surface area contributed by atoms with Gasteiger partial charge in [-0.2, -0.15) is 0 Å². The van der Waals surface area contributed by atoms with Gasteiger partial charge in [0.25, 0.3) is 0 Å². The van der Waals surface area contributed by atoms with Crippen LogP contribution in [-0.4, -0.2) is 11.9 Å². The van der Waals surface area contributed by atoms with Crippen LogP contribution in [-0.2, 0) is 16.1 Å². The van der Waals surface area contributed by atoms with Crippen LogP contribution < -0.4 is 4.74 Å². The average Bonchev–Trinajstić information content (AvgIpc) is 2.84. The molecule has 0 N–H and O–H groups in total. The Morgan fingerprint density at radius 2 is 1.66 bits per heavy atom. The van der Waals surface area contributed by atoms with Crippen molar-refractivity contribution < 1.29 is 19.1 Å².